The van der Waals surface area contributed by atoms with Crippen molar-refractivity contribution in [2.45, 2.75) is 5.25 Å². The third kappa shape index (κ3) is 3.74. The predicted molar refractivity (Wildman–Crippen MR) is 41.4 cm³/mol. The van der Waals surface area contributed by atoms with Crippen molar-refractivity contribution in [1.29, 1.82) is 0 Å². The molecule has 1 N–H and O–H groups in total. The SMILES string of the molecule is COC(=O)C(CN=[N+]=[N-])S(=O)(=O)O. The van der Waals surface area contributed by atoms with Crippen molar-refractivity contribution in [3.05, 3.63) is 10.4 Å². The van der Waals surface area contributed by atoms with Crippen LogP contribution in [0, 0.1) is 0 Å². The third-order valence-electron chi connectivity index (χ3n) is 1.13. The molecule has 9 heteroatoms. The highest BCUT2D eigenvalue weighted by molar-refractivity contribution is 7.87. The summed E-state index contributed by atoms with van der Waals surface area (Å²) in [4.78, 5) is 13.0. The van der Waals surface area contributed by atoms with Gasteiger partial charge in [-0.05, 0) is 5.53 Å². The van der Waals surface area contributed by atoms with Crippen LogP contribution in [0.15, 0.2) is 5.11 Å². The lowest BCUT2D eigenvalue weighted by Crippen LogP contribution is -2.33. The van der Waals surface area contributed by atoms with Crippen molar-refractivity contribution >= 4 is 16.1 Å². The van der Waals surface area contributed by atoms with E-state index in [9.17, 15) is 13.2 Å². The first-order valence-electron chi connectivity index (χ1n) is 2.98. The van der Waals surface area contributed by atoms with Crippen LogP contribution in [0.5, 0.6) is 0 Å². The molecule has 0 aromatic rings. The Hall–Kier alpha value is -1.31. The van der Waals surface area contributed by atoms with Gasteiger partial charge in [-0.3, -0.25) is 9.35 Å². The zero-order valence-electron chi connectivity index (χ0n) is 6.61. The van der Waals surface area contributed by atoms with Crippen LogP contribution in [0.25, 0.3) is 10.4 Å². The second-order valence-electron chi connectivity index (χ2n) is 1.94. The number of methoxy groups -OCH3 is 1. The lowest BCUT2D eigenvalue weighted by molar-refractivity contribution is -0.140. The van der Waals surface area contributed by atoms with Crippen LogP contribution < -0.4 is 0 Å². The van der Waals surface area contributed by atoms with E-state index in [0.717, 1.165) is 7.11 Å². The average Bonchev–Trinajstić information content (AvgIpc) is 2.02. The minimum absolute atomic E-state index is 0.692. The Morgan fingerprint density at radius 1 is 1.77 bits per heavy atom. The smallest absolute Gasteiger partial charge is 0.326 e. The molecule has 0 saturated heterocycles. The van der Waals surface area contributed by atoms with Crippen LogP contribution in [-0.4, -0.2) is 37.8 Å². The summed E-state index contributed by atoms with van der Waals surface area (Å²) in [5.41, 5.74) is 7.87. The van der Waals surface area contributed by atoms with Gasteiger partial charge in [-0.25, -0.2) is 0 Å². The van der Waals surface area contributed by atoms with E-state index < -0.39 is 27.9 Å². The molecule has 0 radical (unpaired) electrons. The molecule has 0 fully saturated rings. The normalized spacial score (nSPS) is 12.8. The minimum Gasteiger partial charge on any atom is -0.468 e. The zero-order valence-corrected chi connectivity index (χ0v) is 7.43. The maximum Gasteiger partial charge on any atom is 0.326 e. The molecular weight excluding hydrogens is 202 g/mol. The molecule has 0 bridgehead atoms. The van der Waals surface area contributed by atoms with E-state index in [1.165, 1.54) is 0 Å². The van der Waals surface area contributed by atoms with Gasteiger partial charge in [0.05, 0.1) is 13.7 Å². The molecule has 0 aliphatic rings. The fourth-order valence-corrected chi connectivity index (χ4v) is 1.13. The largest absolute Gasteiger partial charge is 0.468 e. The van der Waals surface area contributed by atoms with Gasteiger partial charge in [0, 0.05) is 4.91 Å². The number of hydrogen-bond acceptors (Lipinski definition) is 5. The molecule has 0 aromatic carbocycles. The minimum atomic E-state index is -4.59. The average molecular weight is 209 g/mol. The Bertz CT molecular complexity index is 330. The second-order valence-corrected chi connectivity index (χ2v) is 3.54. The van der Waals surface area contributed by atoms with Crippen LogP contribution in [0.4, 0.5) is 0 Å². The number of ether oxygens (including phenoxy) is 1. The van der Waals surface area contributed by atoms with Gasteiger partial charge in [0.15, 0.2) is 5.25 Å². The Labute approximate surface area is 73.9 Å². The summed E-state index contributed by atoms with van der Waals surface area (Å²) in [6.45, 7) is -0.692. The molecule has 0 aliphatic carbocycles. The number of rotatable bonds is 4. The van der Waals surface area contributed by atoms with Crippen LogP contribution in [0.2, 0.25) is 0 Å². The van der Waals surface area contributed by atoms with Gasteiger partial charge in [-0.2, -0.15) is 8.42 Å². The number of esters is 1. The molecule has 1 unspecified atom stereocenters. The van der Waals surface area contributed by atoms with Crippen molar-refractivity contribution in [2.75, 3.05) is 13.7 Å². The summed E-state index contributed by atoms with van der Waals surface area (Å²) in [6.07, 6.45) is 0. The molecule has 8 nitrogen and oxygen atoms in total. The Morgan fingerprint density at radius 3 is 2.62 bits per heavy atom. The number of carbonyl (C=O) groups is 1. The predicted octanol–water partition coefficient (Wildman–Crippen LogP) is -0.274. The van der Waals surface area contributed by atoms with Gasteiger partial charge in [0.25, 0.3) is 10.1 Å². The van der Waals surface area contributed by atoms with Crippen LogP contribution >= 0.6 is 0 Å². The Kier molecular flexibility index (Phi) is 4.18. The highest BCUT2D eigenvalue weighted by Crippen LogP contribution is 2.02. The van der Waals surface area contributed by atoms with Crippen molar-refractivity contribution in [3.63, 3.8) is 0 Å². The molecular formula is C4H7N3O5S. The van der Waals surface area contributed by atoms with Gasteiger partial charge in [-0.1, -0.05) is 5.11 Å². The van der Waals surface area contributed by atoms with Crippen molar-refractivity contribution in [2.24, 2.45) is 5.11 Å². The van der Waals surface area contributed by atoms with E-state index in [1.807, 2.05) is 0 Å². The first-order valence-corrected chi connectivity index (χ1v) is 4.48. The highest BCUT2D eigenvalue weighted by Gasteiger charge is 2.31. The third-order valence-corrected chi connectivity index (χ3v) is 2.19. The van der Waals surface area contributed by atoms with E-state index in [1.54, 1.807) is 0 Å². The van der Waals surface area contributed by atoms with E-state index in [4.69, 9.17) is 10.1 Å². The summed E-state index contributed by atoms with van der Waals surface area (Å²) in [7, 11) is -3.63. The highest BCUT2D eigenvalue weighted by atomic mass is 32.2. The van der Waals surface area contributed by atoms with E-state index in [-0.39, 0.29) is 0 Å². The topological polar surface area (TPSA) is 129 Å². The summed E-state index contributed by atoms with van der Waals surface area (Å²) in [5, 5.41) is 0.995. The molecule has 1 atom stereocenters. The molecule has 0 rings (SSSR count). The first-order chi connectivity index (χ1) is 5.93. The second kappa shape index (κ2) is 4.65. The lowest BCUT2D eigenvalue weighted by Gasteiger charge is -2.07. The molecule has 13 heavy (non-hydrogen) atoms. The zero-order chi connectivity index (χ0) is 10.5. The standard InChI is InChI=1S/C4H7N3O5S/c1-12-4(8)3(2-6-7-5)13(9,10)11/h3H,2H2,1H3,(H,9,10,11). The summed E-state index contributed by atoms with van der Waals surface area (Å²) in [5.74, 6) is -1.17. The number of nitrogens with zero attached hydrogens (tertiary/aromatic N) is 3. The van der Waals surface area contributed by atoms with Crippen molar-refractivity contribution in [1.82, 2.24) is 0 Å². The fourth-order valence-electron chi connectivity index (χ4n) is 0.532. The van der Waals surface area contributed by atoms with Gasteiger partial charge in [0.2, 0.25) is 0 Å². The molecule has 0 amide bonds. The van der Waals surface area contributed by atoms with Crippen LogP contribution in [0.3, 0.4) is 0 Å². The van der Waals surface area contributed by atoms with E-state index in [0.29, 0.717) is 0 Å². The number of carbonyl (C=O) groups excluding carboxylic acids is 1. The van der Waals surface area contributed by atoms with Crippen molar-refractivity contribution < 1.29 is 22.5 Å². The molecule has 0 saturated carbocycles. The number of hydrogen-bond donors (Lipinski definition) is 1. The summed E-state index contributed by atoms with van der Waals surface area (Å²) in [6, 6.07) is 0. The van der Waals surface area contributed by atoms with Gasteiger partial charge >= 0.3 is 5.97 Å². The van der Waals surface area contributed by atoms with Gasteiger partial charge < -0.3 is 4.74 Å². The number of azide groups is 1. The maximum atomic E-state index is 10.7. The fraction of sp³-hybridized carbons (Fsp3) is 0.750. The summed E-state index contributed by atoms with van der Waals surface area (Å²) >= 11 is 0. The van der Waals surface area contributed by atoms with E-state index >= 15 is 0 Å². The monoisotopic (exact) mass is 209 g/mol. The lowest BCUT2D eigenvalue weighted by atomic mass is 10.4. The quantitative estimate of drug-likeness (QED) is 0.224. The Morgan fingerprint density at radius 2 is 2.31 bits per heavy atom. The molecule has 0 aromatic heterocycles. The van der Waals surface area contributed by atoms with E-state index in [2.05, 4.69) is 14.8 Å². The van der Waals surface area contributed by atoms with Crippen LogP contribution in [-0.2, 0) is 19.6 Å². The molecule has 0 heterocycles. The molecule has 0 aliphatic heterocycles. The Balaban J connectivity index is 4.76. The maximum absolute atomic E-state index is 10.7. The molecule has 0 spiro atoms. The van der Waals surface area contributed by atoms with Crippen molar-refractivity contribution in [3.8, 4) is 0 Å². The first kappa shape index (κ1) is 11.7. The molecule has 74 valence electrons. The van der Waals surface area contributed by atoms with Gasteiger partial charge in [-0.15, -0.1) is 0 Å². The summed E-state index contributed by atoms with van der Waals surface area (Å²) < 4.78 is 33.6. The van der Waals surface area contributed by atoms with Gasteiger partial charge in [0.1, 0.15) is 0 Å². The van der Waals surface area contributed by atoms with Crippen LogP contribution in [0.1, 0.15) is 0 Å².